The minimum atomic E-state index is -0.691. The van der Waals surface area contributed by atoms with E-state index in [2.05, 4.69) is 4.84 Å². The third kappa shape index (κ3) is 8.38. The Labute approximate surface area is 120 Å². The summed E-state index contributed by atoms with van der Waals surface area (Å²) in [5.74, 6) is -1.69. The Morgan fingerprint density at radius 2 is 1.84 bits per heavy atom. The summed E-state index contributed by atoms with van der Waals surface area (Å²) in [5.41, 5.74) is 6.79. The second kappa shape index (κ2) is 9.56. The second-order valence-corrected chi connectivity index (χ2v) is 3.49. The van der Waals surface area contributed by atoms with Crippen LogP contribution in [0.4, 0.5) is 0 Å². The largest absolute Gasteiger partial charge is 0.379 e. The van der Waals surface area contributed by atoms with Crippen molar-refractivity contribution in [1.82, 2.24) is 10.5 Å². The predicted octanol–water partition coefficient (Wildman–Crippen LogP) is -1.50. The molecule has 0 saturated carbocycles. The van der Waals surface area contributed by atoms with Crippen molar-refractivity contribution in [2.45, 2.75) is 12.8 Å². The number of nitrogens with one attached hydrogen (secondary N) is 2. The van der Waals surface area contributed by atoms with Crippen molar-refractivity contribution < 1.29 is 41.1 Å². The number of nitrogens with zero attached hydrogens (tertiary/aromatic N) is 1. The van der Waals surface area contributed by atoms with E-state index < -0.39 is 17.9 Å². The maximum Gasteiger partial charge on any atom is 0.332 e. The van der Waals surface area contributed by atoms with Crippen LogP contribution in [0.5, 0.6) is 0 Å². The number of hydrogen-bond donors (Lipinski definition) is 3. The van der Waals surface area contributed by atoms with E-state index in [4.69, 9.17) is 20.7 Å². The Kier molecular flexibility index (Phi) is 8.88. The minimum absolute atomic E-state index is 0. The summed E-state index contributed by atoms with van der Waals surface area (Å²) in [6.45, 7) is 2.06. The molecule has 0 aromatic carbocycles. The Balaban J connectivity index is 0.00000324. The van der Waals surface area contributed by atoms with Crippen LogP contribution in [0.3, 0.4) is 0 Å². The van der Waals surface area contributed by atoms with Crippen LogP contribution in [-0.4, -0.2) is 49.3 Å². The van der Waals surface area contributed by atoms with Crippen molar-refractivity contribution in [3.8, 4) is 0 Å². The van der Waals surface area contributed by atoms with E-state index in [1.807, 2.05) is 5.48 Å². The summed E-state index contributed by atoms with van der Waals surface area (Å²) in [4.78, 5) is 31.8. The van der Waals surface area contributed by atoms with Crippen LogP contribution >= 0.6 is 0 Å². The molecular weight excluding hydrogens is 308 g/mol. The van der Waals surface area contributed by atoms with Gasteiger partial charge in [-0.05, 0) is 0 Å². The molecule has 10 heteroatoms. The molecule has 0 atom stereocenters. The smallest absolute Gasteiger partial charge is 0.332 e. The second-order valence-electron chi connectivity index (χ2n) is 3.49. The Morgan fingerprint density at radius 3 is 2.42 bits per heavy atom. The first-order valence-corrected chi connectivity index (χ1v) is 5.41. The molecule has 1 radical (unpaired) electrons. The van der Waals surface area contributed by atoms with Gasteiger partial charge in [-0.2, -0.15) is 5.48 Å². The maximum atomic E-state index is 11.4. The van der Waals surface area contributed by atoms with E-state index in [0.29, 0.717) is 26.3 Å². The standard InChI is InChI=1S/C9H16N4O5.Cu/c10-9(11)12-17-7(14)1-2-8(15)18-13-3-5-16-6-4-13;/h1-6H2,(H4,10,11,12);. The molecule has 0 spiro atoms. The van der Waals surface area contributed by atoms with Crippen molar-refractivity contribution >= 4 is 17.9 Å². The van der Waals surface area contributed by atoms with Crippen molar-refractivity contribution in [2.24, 2.45) is 5.73 Å². The van der Waals surface area contributed by atoms with E-state index >= 15 is 0 Å². The first-order valence-electron chi connectivity index (χ1n) is 5.41. The van der Waals surface area contributed by atoms with Gasteiger partial charge in [-0.15, -0.1) is 5.06 Å². The van der Waals surface area contributed by atoms with Crippen LogP contribution < -0.4 is 11.2 Å². The summed E-state index contributed by atoms with van der Waals surface area (Å²) >= 11 is 0. The topological polar surface area (TPSA) is 127 Å². The van der Waals surface area contributed by atoms with Crippen molar-refractivity contribution in [3.63, 3.8) is 0 Å². The number of nitrogens with two attached hydrogens (primary N) is 1. The van der Waals surface area contributed by atoms with Crippen LogP contribution in [0.15, 0.2) is 0 Å². The fraction of sp³-hybridized carbons (Fsp3) is 0.667. The zero-order chi connectivity index (χ0) is 13.4. The molecule has 1 aliphatic heterocycles. The first kappa shape index (κ1) is 17.6. The molecule has 1 saturated heterocycles. The van der Waals surface area contributed by atoms with Crippen LogP contribution in [0.2, 0.25) is 0 Å². The molecule has 0 aromatic heterocycles. The van der Waals surface area contributed by atoms with Gasteiger partial charge in [-0.25, -0.2) is 4.79 Å². The molecule has 1 heterocycles. The zero-order valence-electron chi connectivity index (χ0n) is 10.1. The van der Waals surface area contributed by atoms with Gasteiger partial charge in [-0.3, -0.25) is 10.2 Å². The third-order valence-electron chi connectivity index (χ3n) is 2.01. The average molecular weight is 324 g/mol. The molecular formula is C9H16CuN4O5. The van der Waals surface area contributed by atoms with Crippen LogP contribution in [0.25, 0.3) is 0 Å². The summed E-state index contributed by atoms with van der Waals surface area (Å²) in [7, 11) is 0. The van der Waals surface area contributed by atoms with Crippen molar-refractivity contribution in [2.75, 3.05) is 26.3 Å². The van der Waals surface area contributed by atoms with Gasteiger partial charge in [0.25, 0.3) is 0 Å². The number of hydroxylamine groups is 3. The predicted molar refractivity (Wildman–Crippen MR) is 58.9 cm³/mol. The number of carbonyl (C=O) groups is 2. The molecule has 0 bridgehead atoms. The summed E-state index contributed by atoms with van der Waals surface area (Å²) in [6, 6.07) is 0. The number of morpholine rings is 1. The number of hydrogen-bond acceptors (Lipinski definition) is 7. The molecule has 1 fully saturated rings. The van der Waals surface area contributed by atoms with E-state index in [0.717, 1.165) is 0 Å². The van der Waals surface area contributed by atoms with Crippen LogP contribution in [0, 0.1) is 5.41 Å². The van der Waals surface area contributed by atoms with Gasteiger partial charge in [0.1, 0.15) is 0 Å². The molecule has 0 aromatic rings. The number of rotatable bonds is 4. The van der Waals surface area contributed by atoms with Gasteiger partial charge < -0.3 is 20.1 Å². The summed E-state index contributed by atoms with van der Waals surface area (Å²) in [5, 5.41) is 8.24. The summed E-state index contributed by atoms with van der Waals surface area (Å²) < 4.78 is 5.09. The first-order chi connectivity index (χ1) is 8.58. The molecule has 0 aliphatic carbocycles. The molecule has 19 heavy (non-hydrogen) atoms. The fourth-order valence-electron chi connectivity index (χ4n) is 1.19. The Bertz CT molecular complexity index is 322. The van der Waals surface area contributed by atoms with Gasteiger partial charge in [0, 0.05) is 17.1 Å². The molecule has 0 amide bonds. The quantitative estimate of drug-likeness (QED) is 0.247. The molecule has 1 rings (SSSR count). The molecule has 4 N–H and O–H groups in total. The number of carbonyl (C=O) groups excluding carboxylic acids is 2. The zero-order valence-corrected chi connectivity index (χ0v) is 11.1. The van der Waals surface area contributed by atoms with Crippen LogP contribution in [-0.2, 0) is 41.1 Å². The van der Waals surface area contributed by atoms with Gasteiger partial charge in [-0.1, -0.05) is 0 Å². The number of ether oxygens (including phenoxy) is 1. The fourth-order valence-corrected chi connectivity index (χ4v) is 1.19. The monoisotopic (exact) mass is 323 g/mol. The molecule has 1 aliphatic rings. The summed E-state index contributed by atoms with van der Waals surface area (Å²) in [6.07, 6.45) is -0.251. The number of guanidine groups is 1. The van der Waals surface area contributed by atoms with Crippen molar-refractivity contribution in [1.29, 1.82) is 5.41 Å². The van der Waals surface area contributed by atoms with Gasteiger partial charge in [0.2, 0.25) is 5.96 Å². The van der Waals surface area contributed by atoms with Crippen molar-refractivity contribution in [3.05, 3.63) is 0 Å². The van der Waals surface area contributed by atoms with Crippen LogP contribution in [0.1, 0.15) is 12.8 Å². The molecule has 9 nitrogen and oxygen atoms in total. The van der Waals surface area contributed by atoms with Gasteiger partial charge in [0.05, 0.1) is 39.1 Å². The van der Waals surface area contributed by atoms with Gasteiger partial charge >= 0.3 is 11.9 Å². The minimum Gasteiger partial charge on any atom is -0.379 e. The molecule has 0 unspecified atom stereocenters. The normalized spacial score (nSPS) is 14.9. The van der Waals surface area contributed by atoms with Gasteiger partial charge in [0.15, 0.2) is 0 Å². The molecule has 113 valence electrons. The van der Waals surface area contributed by atoms with E-state index in [-0.39, 0.29) is 29.9 Å². The average Bonchev–Trinajstić information content (AvgIpc) is 2.35. The van der Waals surface area contributed by atoms with E-state index in [1.165, 1.54) is 5.06 Å². The Morgan fingerprint density at radius 1 is 1.26 bits per heavy atom. The van der Waals surface area contributed by atoms with E-state index in [9.17, 15) is 9.59 Å². The SMILES string of the molecule is N=C(N)NOC(=O)CCC(=O)ON1CCOCC1.[Cu]. The van der Waals surface area contributed by atoms with E-state index in [1.54, 1.807) is 0 Å². The third-order valence-corrected chi connectivity index (χ3v) is 2.01. The maximum absolute atomic E-state index is 11.4. The Hall–Kier alpha value is -1.35.